The van der Waals surface area contributed by atoms with E-state index in [9.17, 15) is 23.1 Å². The van der Waals surface area contributed by atoms with Gasteiger partial charge in [0.25, 0.3) is 5.91 Å². The van der Waals surface area contributed by atoms with Crippen LogP contribution in [0.5, 0.6) is 17.2 Å². The molecule has 0 aliphatic carbocycles. The number of nitrogens with zero attached hydrogens (tertiary/aromatic N) is 2. The maximum Gasteiger partial charge on any atom is 0.416 e. The van der Waals surface area contributed by atoms with Crippen molar-refractivity contribution in [1.29, 1.82) is 0 Å². The number of halogens is 3. The Bertz CT molecular complexity index is 891. The van der Waals surface area contributed by atoms with Crippen LogP contribution < -0.4 is 14.4 Å². The minimum atomic E-state index is -4.36. The number of ether oxygens (including phenoxy) is 2. The van der Waals surface area contributed by atoms with Crippen LogP contribution in [-0.4, -0.2) is 48.9 Å². The first-order valence-corrected chi connectivity index (χ1v) is 8.67. The van der Waals surface area contributed by atoms with Crippen molar-refractivity contribution in [3.8, 4) is 17.2 Å². The maximum absolute atomic E-state index is 12.7. The molecular formula is C19H17F3N2O4. The summed E-state index contributed by atoms with van der Waals surface area (Å²) in [4.78, 5) is 16.3. The summed E-state index contributed by atoms with van der Waals surface area (Å²) >= 11 is 0. The van der Waals surface area contributed by atoms with Crippen LogP contribution in [0.1, 0.15) is 15.9 Å². The molecule has 6 nitrogen and oxygen atoms in total. The van der Waals surface area contributed by atoms with Gasteiger partial charge in [-0.05, 0) is 24.3 Å². The molecule has 0 atom stereocenters. The molecule has 0 unspecified atom stereocenters. The molecule has 0 bridgehead atoms. The smallest absolute Gasteiger partial charge is 0.416 e. The van der Waals surface area contributed by atoms with Gasteiger partial charge in [0.1, 0.15) is 5.75 Å². The fraction of sp³-hybridized carbons (Fsp3) is 0.316. The molecule has 2 heterocycles. The Morgan fingerprint density at radius 3 is 2.18 bits per heavy atom. The summed E-state index contributed by atoms with van der Waals surface area (Å²) in [6.45, 7) is 1.75. The number of rotatable bonds is 2. The molecule has 148 valence electrons. The summed E-state index contributed by atoms with van der Waals surface area (Å²) in [6, 6.07) is 7.79. The number of benzene rings is 2. The summed E-state index contributed by atoms with van der Waals surface area (Å²) < 4.78 is 48.5. The zero-order valence-corrected chi connectivity index (χ0v) is 14.7. The van der Waals surface area contributed by atoms with Crippen molar-refractivity contribution < 1.29 is 32.5 Å². The van der Waals surface area contributed by atoms with Crippen molar-refractivity contribution in [2.75, 3.05) is 37.9 Å². The van der Waals surface area contributed by atoms with Gasteiger partial charge in [-0.1, -0.05) is 0 Å². The molecule has 1 N–H and O–H groups in total. The van der Waals surface area contributed by atoms with E-state index in [0.717, 1.165) is 12.1 Å². The Hall–Kier alpha value is -3.10. The molecular weight excluding hydrogens is 377 g/mol. The molecule has 4 rings (SSSR count). The number of hydrogen-bond acceptors (Lipinski definition) is 5. The second-order valence-electron chi connectivity index (χ2n) is 6.55. The van der Waals surface area contributed by atoms with Crippen LogP contribution in [0.4, 0.5) is 18.9 Å². The number of carbonyl (C=O) groups is 1. The van der Waals surface area contributed by atoms with E-state index in [-0.39, 0.29) is 24.0 Å². The number of aromatic hydroxyl groups is 1. The van der Waals surface area contributed by atoms with Gasteiger partial charge in [0, 0.05) is 44.0 Å². The molecule has 28 heavy (non-hydrogen) atoms. The van der Waals surface area contributed by atoms with Crippen molar-refractivity contribution in [2.24, 2.45) is 0 Å². The Labute approximate surface area is 158 Å². The van der Waals surface area contributed by atoms with Crippen molar-refractivity contribution in [3.05, 3.63) is 47.5 Å². The highest BCUT2D eigenvalue weighted by atomic mass is 19.4. The Morgan fingerprint density at radius 1 is 0.964 bits per heavy atom. The number of carbonyl (C=O) groups excluding carboxylic acids is 1. The van der Waals surface area contributed by atoms with Gasteiger partial charge in [-0.15, -0.1) is 0 Å². The number of fused-ring (bicyclic) bond motifs is 1. The summed E-state index contributed by atoms with van der Waals surface area (Å²) in [5, 5.41) is 10.1. The number of alkyl halides is 3. The SMILES string of the molecule is O=C(c1cc2c(cc1O)OCO2)N1CCN(c2ccc(C(F)(F)F)cc2)CC1. The predicted molar refractivity (Wildman–Crippen MR) is 93.8 cm³/mol. The van der Waals surface area contributed by atoms with E-state index in [2.05, 4.69) is 0 Å². The van der Waals surface area contributed by atoms with Crippen LogP contribution in [-0.2, 0) is 6.18 Å². The molecule has 0 saturated carbocycles. The minimum Gasteiger partial charge on any atom is -0.507 e. The molecule has 1 amide bonds. The molecule has 2 aliphatic rings. The van der Waals surface area contributed by atoms with Gasteiger partial charge >= 0.3 is 6.18 Å². The zero-order valence-electron chi connectivity index (χ0n) is 14.7. The van der Waals surface area contributed by atoms with E-state index >= 15 is 0 Å². The molecule has 1 saturated heterocycles. The van der Waals surface area contributed by atoms with Gasteiger partial charge in [0.05, 0.1) is 11.1 Å². The Morgan fingerprint density at radius 2 is 1.57 bits per heavy atom. The number of anilines is 1. The van der Waals surface area contributed by atoms with Crippen molar-refractivity contribution >= 4 is 11.6 Å². The topological polar surface area (TPSA) is 62.2 Å². The van der Waals surface area contributed by atoms with E-state index in [1.165, 1.54) is 24.3 Å². The lowest BCUT2D eigenvalue weighted by Gasteiger charge is -2.36. The maximum atomic E-state index is 12.7. The number of piperazine rings is 1. The van der Waals surface area contributed by atoms with Crippen molar-refractivity contribution in [1.82, 2.24) is 4.90 Å². The highest BCUT2D eigenvalue weighted by Crippen LogP contribution is 2.38. The normalized spacial score (nSPS) is 16.4. The van der Waals surface area contributed by atoms with Gasteiger partial charge < -0.3 is 24.4 Å². The predicted octanol–water partition coefficient (Wildman–Crippen LogP) is 3.10. The third-order valence-corrected chi connectivity index (χ3v) is 4.85. The largest absolute Gasteiger partial charge is 0.507 e. The second kappa shape index (κ2) is 6.81. The van der Waals surface area contributed by atoms with Gasteiger partial charge in [0.15, 0.2) is 11.5 Å². The molecule has 1 fully saturated rings. The lowest BCUT2D eigenvalue weighted by Crippen LogP contribution is -2.48. The first-order valence-electron chi connectivity index (χ1n) is 8.67. The highest BCUT2D eigenvalue weighted by Gasteiger charge is 2.31. The second-order valence-corrected chi connectivity index (χ2v) is 6.55. The van der Waals surface area contributed by atoms with E-state index < -0.39 is 11.7 Å². The standard InChI is InChI=1S/C19H17F3N2O4/c20-19(21,22)12-1-3-13(4-2-12)23-5-7-24(8-6-23)18(26)14-9-16-17(10-15(14)25)28-11-27-16/h1-4,9-10,25H,5-8,11H2. The number of amides is 1. The minimum absolute atomic E-state index is 0.0399. The third-order valence-electron chi connectivity index (χ3n) is 4.85. The molecule has 2 aromatic carbocycles. The van der Waals surface area contributed by atoms with E-state index in [0.29, 0.717) is 43.4 Å². The van der Waals surface area contributed by atoms with E-state index in [4.69, 9.17) is 9.47 Å². The molecule has 9 heteroatoms. The Balaban J connectivity index is 1.42. The zero-order chi connectivity index (χ0) is 19.9. The van der Waals surface area contributed by atoms with Crippen molar-refractivity contribution in [3.63, 3.8) is 0 Å². The molecule has 0 spiro atoms. The molecule has 0 aromatic heterocycles. The van der Waals surface area contributed by atoms with Crippen LogP contribution in [0.3, 0.4) is 0 Å². The molecule has 0 radical (unpaired) electrons. The van der Waals surface area contributed by atoms with Gasteiger partial charge in [0.2, 0.25) is 6.79 Å². The first-order chi connectivity index (χ1) is 13.3. The lowest BCUT2D eigenvalue weighted by atomic mass is 10.1. The van der Waals surface area contributed by atoms with Crippen LogP contribution >= 0.6 is 0 Å². The van der Waals surface area contributed by atoms with Gasteiger partial charge in [-0.3, -0.25) is 4.79 Å². The number of phenolic OH excluding ortho intramolecular Hbond substituents is 1. The summed E-state index contributed by atoms with van der Waals surface area (Å²) in [5.74, 6) is 0.285. The lowest BCUT2D eigenvalue weighted by molar-refractivity contribution is -0.137. The summed E-state index contributed by atoms with van der Waals surface area (Å²) in [5.41, 5.74) is 0.113. The van der Waals surface area contributed by atoms with E-state index in [1.54, 1.807) is 4.90 Å². The fourth-order valence-corrected chi connectivity index (χ4v) is 3.30. The monoisotopic (exact) mass is 394 g/mol. The molecule has 2 aromatic rings. The summed E-state index contributed by atoms with van der Waals surface area (Å²) in [7, 11) is 0. The van der Waals surface area contributed by atoms with Crippen LogP contribution in [0.2, 0.25) is 0 Å². The van der Waals surface area contributed by atoms with Crippen LogP contribution in [0.25, 0.3) is 0 Å². The third kappa shape index (κ3) is 3.39. The highest BCUT2D eigenvalue weighted by molar-refractivity contribution is 5.97. The van der Waals surface area contributed by atoms with Gasteiger partial charge in [-0.25, -0.2) is 0 Å². The first kappa shape index (κ1) is 18.3. The average Bonchev–Trinajstić information content (AvgIpc) is 3.13. The fourth-order valence-electron chi connectivity index (χ4n) is 3.30. The molecule has 2 aliphatic heterocycles. The number of phenols is 1. The van der Waals surface area contributed by atoms with Crippen LogP contribution in [0.15, 0.2) is 36.4 Å². The van der Waals surface area contributed by atoms with E-state index in [1.807, 2.05) is 4.90 Å². The quantitative estimate of drug-likeness (QED) is 0.848. The Kier molecular flexibility index (Phi) is 4.44. The average molecular weight is 394 g/mol. The number of hydrogen-bond donors (Lipinski definition) is 1. The van der Waals surface area contributed by atoms with Crippen molar-refractivity contribution in [2.45, 2.75) is 6.18 Å². The van der Waals surface area contributed by atoms with Gasteiger partial charge in [-0.2, -0.15) is 13.2 Å². The summed E-state index contributed by atoms with van der Waals surface area (Å²) in [6.07, 6.45) is -4.36. The van der Waals surface area contributed by atoms with Crippen LogP contribution in [0, 0.1) is 0 Å².